The summed E-state index contributed by atoms with van der Waals surface area (Å²) in [5, 5.41) is 0. The van der Waals surface area contributed by atoms with Crippen molar-refractivity contribution in [2.24, 2.45) is 5.73 Å². The number of nitrogens with two attached hydrogens (primary N) is 1. The number of rotatable bonds is 1. The van der Waals surface area contributed by atoms with Crippen molar-refractivity contribution < 1.29 is 9.47 Å². The van der Waals surface area contributed by atoms with Gasteiger partial charge in [0.2, 0.25) is 6.79 Å². The largest absolute Gasteiger partial charge is 0.454 e. The molecular formula is C10H11NO2. The van der Waals surface area contributed by atoms with E-state index in [4.69, 9.17) is 15.2 Å². The molecule has 1 aromatic carbocycles. The van der Waals surface area contributed by atoms with E-state index < -0.39 is 0 Å². The van der Waals surface area contributed by atoms with E-state index in [1.807, 2.05) is 18.2 Å². The summed E-state index contributed by atoms with van der Waals surface area (Å²) < 4.78 is 10.7. The molecule has 0 aromatic heterocycles. The second kappa shape index (κ2) is 2.17. The second-order valence-electron chi connectivity index (χ2n) is 3.70. The van der Waals surface area contributed by atoms with Crippen LogP contribution in [0, 0.1) is 0 Å². The van der Waals surface area contributed by atoms with E-state index in [-0.39, 0.29) is 5.54 Å². The molecule has 0 unspecified atom stereocenters. The van der Waals surface area contributed by atoms with E-state index in [2.05, 4.69) is 0 Å². The Labute approximate surface area is 76.4 Å². The fourth-order valence-corrected chi connectivity index (χ4v) is 1.73. The molecule has 0 atom stereocenters. The van der Waals surface area contributed by atoms with Gasteiger partial charge in [-0.1, -0.05) is 12.1 Å². The van der Waals surface area contributed by atoms with Crippen LogP contribution in [0.25, 0.3) is 0 Å². The summed E-state index contributed by atoms with van der Waals surface area (Å²) in [6.07, 6.45) is 2.10. The highest BCUT2D eigenvalue weighted by atomic mass is 16.7. The average molecular weight is 177 g/mol. The summed E-state index contributed by atoms with van der Waals surface area (Å²) >= 11 is 0. The van der Waals surface area contributed by atoms with Gasteiger partial charge in [-0.05, 0) is 18.9 Å². The highest BCUT2D eigenvalue weighted by Gasteiger charge is 2.43. The standard InChI is InChI=1S/C10H11NO2/c11-10(4-5-10)7-2-1-3-8-9(7)13-6-12-8/h1-3H,4-6,11H2. The molecule has 1 aliphatic carbocycles. The Morgan fingerprint density at radius 1 is 1.23 bits per heavy atom. The highest BCUT2D eigenvalue weighted by molar-refractivity contribution is 5.52. The van der Waals surface area contributed by atoms with Crippen molar-refractivity contribution >= 4 is 0 Å². The molecule has 0 radical (unpaired) electrons. The molecule has 0 bridgehead atoms. The lowest BCUT2D eigenvalue weighted by atomic mass is 10.0. The van der Waals surface area contributed by atoms with Gasteiger partial charge in [0.1, 0.15) is 0 Å². The minimum Gasteiger partial charge on any atom is -0.454 e. The Morgan fingerprint density at radius 3 is 2.85 bits per heavy atom. The van der Waals surface area contributed by atoms with Crippen molar-refractivity contribution in [1.82, 2.24) is 0 Å². The zero-order valence-corrected chi connectivity index (χ0v) is 7.25. The summed E-state index contributed by atoms with van der Waals surface area (Å²) in [5.74, 6) is 1.68. The monoisotopic (exact) mass is 177 g/mol. The lowest BCUT2D eigenvalue weighted by molar-refractivity contribution is 0.173. The molecule has 1 saturated carbocycles. The normalized spacial score (nSPS) is 21.6. The Bertz CT molecular complexity index is 358. The molecule has 3 nitrogen and oxygen atoms in total. The van der Waals surface area contributed by atoms with Crippen LogP contribution in [0.15, 0.2) is 18.2 Å². The molecule has 68 valence electrons. The third kappa shape index (κ3) is 0.937. The van der Waals surface area contributed by atoms with Crippen LogP contribution >= 0.6 is 0 Å². The van der Waals surface area contributed by atoms with Gasteiger partial charge in [-0.2, -0.15) is 0 Å². The maximum Gasteiger partial charge on any atom is 0.231 e. The first-order chi connectivity index (χ1) is 6.30. The molecule has 13 heavy (non-hydrogen) atoms. The topological polar surface area (TPSA) is 44.5 Å². The summed E-state index contributed by atoms with van der Waals surface area (Å²) in [7, 11) is 0. The molecule has 0 spiro atoms. The van der Waals surface area contributed by atoms with E-state index in [0.717, 1.165) is 29.9 Å². The van der Waals surface area contributed by atoms with E-state index in [9.17, 15) is 0 Å². The van der Waals surface area contributed by atoms with Gasteiger partial charge >= 0.3 is 0 Å². The maximum absolute atomic E-state index is 6.11. The van der Waals surface area contributed by atoms with Crippen molar-refractivity contribution in [3.05, 3.63) is 23.8 Å². The average Bonchev–Trinajstić information content (AvgIpc) is 2.72. The molecule has 1 aromatic rings. The van der Waals surface area contributed by atoms with E-state index in [1.165, 1.54) is 0 Å². The van der Waals surface area contributed by atoms with Gasteiger partial charge in [0.05, 0.1) is 0 Å². The van der Waals surface area contributed by atoms with Crippen molar-refractivity contribution in [3.8, 4) is 11.5 Å². The van der Waals surface area contributed by atoms with Crippen molar-refractivity contribution in [1.29, 1.82) is 0 Å². The smallest absolute Gasteiger partial charge is 0.231 e. The van der Waals surface area contributed by atoms with Gasteiger partial charge in [-0.3, -0.25) is 0 Å². The Kier molecular flexibility index (Phi) is 1.21. The van der Waals surface area contributed by atoms with Gasteiger partial charge in [0, 0.05) is 11.1 Å². The van der Waals surface area contributed by atoms with Gasteiger partial charge in [-0.15, -0.1) is 0 Å². The predicted molar refractivity (Wildman–Crippen MR) is 47.7 cm³/mol. The molecule has 1 heterocycles. The fraction of sp³-hybridized carbons (Fsp3) is 0.400. The van der Waals surface area contributed by atoms with E-state index in [1.54, 1.807) is 0 Å². The number of fused-ring (bicyclic) bond motifs is 1. The molecule has 2 N–H and O–H groups in total. The van der Waals surface area contributed by atoms with Gasteiger partial charge < -0.3 is 15.2 Å². The van der Waals surface area contributed by atoms with E-state index in [0.29, 0.717) is 6.79 Å². The Hall–Kier alpha value is -1.22. The van der Waals surface area contributed by atoms with Gasteiger partial charge in [0.15, 0.2) is 11.5 Å². The molecule has 2 aliphatic rings. The quantitative estimate of drug-likeness (QED) is 0.704. The van der Waals surface area contributed by atoms with Crippen molar-refractivity contribution in [2.75, 3.05) is 6.79 Å². The van der Waals surface area contributed by atoms with Gasteiger partial charge in [0.25, 0.3) is 0 Å². The number of benzene rings is 1. The predicted octanol–water partition coefficient (Wildman–Crippen LogP) is 1.36. The first-order valence-corrected chi connectivity index (χ1v) is 4.48. The van der Waals surface area contributed by atoms with E-state index >= 15 is 0 Å². The minimum atomic E-state index is -0.140. The maximum atomic E-state index is 6.11. The van der Waals surface area contributed by atoms with Crippen LogP contribution in [0.1, 0.15) is 18.4 Å². The Balaban J connectivity index is 2.15. The van der Waals surface area contributed by atoms with Crippen molar-refractivity contribution in [3.63, 3.8) is 0 Å². The fourth-order valence-electron chi connectivity index (χ4n) is 1.73. The van der Waals surface area contributed by atoms with Crippen LogP contribution in [0.5, 0.6) is 11.5 Å². The van der Waals surface area contributed by atoms with Crippen LogP contribution in [-0.2, 0) is 5.54 Å². The third-order valence-corrected chi connectivity index (χ3v) is 2.72. The summed E-state index contributed by atoms with van der Waals surface area (Å²) in [4.78, 5) is 0. The molecule has 0 saturated heterocycles. The molecule has 1 fully saturated rings. The second-order valence-corrected chi connectivity index (χ2v) is 3.70. The summed E-state index contributed by atoms with van der Waals surface area (Å²) in [5.41, 5.74) is 7.07. The Morgan fingerprint density at radius 2 is 2.08 bits per heavy atom. The first-order valence-electron chi connectivity index (χ1n) is 4.48. The van der Waals surface area contributed by atoms with Crippen LogP contribution in [-0.4, -0.2) is 6.79 Å². The number of hydrogen-bond acceptors (Lipinski definition) is 3. The lowest BCUT2D eigenvalue weighted by Crippen LogP contribution is -2.19. The van der Waals surface area contributed by atoms with Crippen molar-refractivity contribution in [2.45, 2.75) is 18.4 Å². The summed E-state index contributed by atoms with van der Waals surface area (Å²) in [6.45, 7) is 0.322. The van der Waals surface area contributed by atoms with Crippen LogP contribution in [0.4, 0.5) is 0 Å². The minimum absolute atomic E-state index is 0.140. The first kappa shape index (κ1) is 7.21. The molecule has 0 amide bonds. The number of para-hydroxylation sites is 1. The molecule has 3 heteroatoms. The van der Waals surface area contributed by atoms with Crippen LogP contribution in [0.3, 0.4) is 0 Å². The summed E-state index contributed by atoms with van der Waals surface area (Å²) in [6, 6.07) is 5.91. The SMILES string of the molecule is NC1(c2cccc3c2OCO3)CC1. The molecule has 3 rings (SSSR count). The third-order valence-electron chi connectivity index (χ3n) is 2.72. The lowest BCUT2D eigenvalue weighted by Gasteiger charge is -2.11. The number of hydrogen-bond donors (Lipinski definition) is 1. The van der Waals surface area contributed by atoms with Crippen LogP contribution < -0.4 is 15.2 Å². The van der Waals surface area contributed by atoms with Crippen LogP contribution in [0.2, 0.25) is 0 Å². The highest BCUT2D eigenvalue weighted by Crippen LogP contribution is 2.50. The molecule has 1 aliphatic heterocycles. The zero-order valence-electron chi connectivity index (χ0n) is 7.25. The number of ether oxygens (including phenoxy) is 2. The van der Waals surface area contributed by atoms with Gasteiger partial charge in [-0.25, -0.2) is 0 Å². The zero-order chi connectivity index (χ0) is 8.89. The molecular weight excluding hydrogens is 166 g/mol.